The Morgan fingerprint density at radius 1 is 1.31 bits per heavy atom. The summed E-state index contributed by atoms with van der Waals surface area (Å²) < 4.78 is 23.7. The molecule has 96 valence electrons. The van der Waals surface area contributed by atoms with Crippen molar-refractivity contribution < 1.29 is 8.42 Å². The van der Waals surface area contributed by atoms with Crippen LogP contribution >= 0.6 is 0 Å². The van der Waals surface area contributed by atoms with E-state index >= 15 is 0 Å². The molecule has 1 fully saturated rings. The van der Waals surface area contributed by atoms with Crippen LogP contribution in [0, 0.1) is 5.92 Å². The summed E-state index contributed by atoms with van der Waals surface area (Å²) in [5, 5.41) is 3.47. The molecule has 0 aromatic rings. The summed E-state index contributed by atoms with van der Waals surface area (Å²) >= 11 is 0. The van der Waals surface area contributed by atoms with Crippen molar-refractivity contribution in [3.8, 4) is 0 Å². The molecule has 2 atom stereocenters. The molecule has 0 amide bonds. The third-order valence-electron chi connectivity index (χ3n) is 3.51. The quantitative estimate of drug-likeness (QED) is 0.791. The van der Waals surface area contributed by atoms with Gasteiger partial charge >= 0.3 is 0 Å². The van der Waals surface area contributed by atoms with Gasteiger partial charge in [0.2, 0.25) is 10.0 Å². The fourth-order valence-corrected chi connectivity index (χ4v) is 2.62. The Labute approximate surface area is 99.5 Å². The third-order valence-corrected chi connectivity index (χ3v) is 4.83. The minimum Gasteiger partial charge on any atom is -0.312 e. The molecule has 0 bridgehead atoms. The molecule has 1 aliphatic rings. The summed E-state index contributed by atoms with van der Waals surface area (Å²) in [5.74, 6) is 0.720. The second-order valence-corrected chi connectivity index (χ2v) is 7.00. The molecule has 4 nitrogen and oxygen atoms in total. The van der Waals surface area contributed by atoms with Crippen molar-refractivity contribution in [1.29, 1.82) is 0 Å². The number of sulfonamides is 1. The minimum absolute atomic E-state index is 0.558. The average Bonchev–Trinajstić information content (AvgIpc) is 2.19. The Morgan fingerprint density at radius 2 is 1.94 bits per heavy atom. The summed E-state index contributed by atoms with van der Waals surface area (Å²) in [5.41, 5.74) is 0. The van der Waals surface area contributed by atoms with Crippen LogP contribution in [-0.4, -0.2) is 45.2 Å². The molecule has 0 aromatic carbocycles. The number of hydrogen-bond donors (Lipinski definition) is 1. The summed E-state index contributed by atoms with van der Waals surface area (Å²) in [6, 6.07) is 0.571. The molecule has 1 N–H and O–H groups in total. The van der Waals surface area contributed by atoms with Gasteiger partial charge in [-0.25, -0.2) is 12.7 Å². The van der Waals surface area contributed by atoms with E-state index in [1.54, 1.807) is 7.05 Å². The molecule has 0 aliphatic heterocycles. The molecular formula is C11H24N2O2S. The molecule has 0 aromatic heterocycles. The topological polar surface area (TPSA) is 49.4 Å². The summed E-state index contributed by atoms with van der Waals surface area (Å²) in [6.07, 6.45) is 6.39. The molecule has 1 saturated carbocycles. The fraction of sp³-hybridized carbons (Fsp3) is 1.00. The fourth-order valence-electron chi connectivity index (χ4n) is 2.19. The third kappa shape index (κ3) is 4.39. The van der Waals surface area contributed by atoms with Gasteiger partial charge in [-0.2, -0.15) is 0 Å². The standard InChI is InChI=1S/C11H24N2O2S/c1-10-6-4-5-7-11(10)12-8-9-13(2)16(3,14)15/h10-12H,4-9H2,1-3H3/t10-,11-/m0/s1. The maximum atomic E-state index is 11.2. The van der Waals surface area contributed by atoms with Gasteiger partial charge in [0.15, 0.2) is 0 Å². The van der Waals surface area contributed by atoms with Crippen LogP contribution in [-0.2, 0) is 10.0 Å². The molecule has 0 saturated heterocycles. The van der Waals surface area contributed by atoms with Gasteiger partial charge in [0, 0.05) is 26.2 Å². The van der Waals surface area contributed by atoms with Gasteiger partial charge in [-0.1, -0.05) is 19.8 Å². The van der Waals surface area contributed by atoms with Crippen LogP contribution < -0.4 is 5.32 Å². The highest BCUT2D eigenvalue weighted by Crippen LogP contribution is 2.23. The molecule has 0 radical (unpaired) electrons. The Balaban J connectivity index is 2.24. The molecule has 0 spiro atoms. The zero-order chi connectivity index (χ0) is 12.2. The van der Waals surface area contributed by atoms with Gasteiger partial charge in [-0.3, -0.25) is 0 Å². The van der Waals surface area contributed by atoms with E-state index in [2.05, 4.69) is 12.2 Å². The lowest BCUT2D eigenvalue weighted by molar-refractivity contribution is 0.276. The van der Waals surface area contributed by atoms with E-state index < -0.39 is 10.0 Å². The maximum absolute atomic E-state index is 11.2. The Hall–Kier alpha value is -0.130. The first-order chi connectivity index (χ1) is 7.41. The largest absolute Gasteiger partial charge is 0.312 e. The Kier molecular flexibility index (Phi) is 5.21. The molecule has 16 heavy (non-hydrogen) atoms. The first kappa shape index (κ1) is 13.9. The summed E-state index contributed by atoms with van der Waals surface area (Å²) in [6.45, 7) is 3.58. The molecular weight excluding hydrogens is 224 g/mol. The van der Waals surface area contributed by atoms with Gasteiger partial charge in [0.1, 0.15) is 0 Å². The first-order valence-electron chi connectivity index (χ1n) is 6.06. The Morgan fingerprint density at radius 3 is 2.50 bits per heavy atom. The lowest BCUT2D eigenvalue weighted by Crippen LogP contribution is -2.41. The van der Waals surface area contributed by atoms with E-state index in [4.69, 9.17) is 0 Å². The molecule has 0 heterocycles. The van der Waals surface area contributed by atoms with Crippen molar-refractivity contribution in [2.24, 2.45) is 5.92 Å². The van der Waals surface area contributed by atoms with Crippen molar-refractivity contribution >= 4 is 10.0 Å². The van der Waals surface area contributed by atoms with Crippen LogP contribution in [0.1, 0.15) is 32.6 Å². The van der Waals surface area contributed by atoms with Crippen LogP contribution in [0.2, 0.25) is 0 Å². The normalized spacial score (nSPS) is 27.2. The highest BCUT2D eigenvalue weighted by atomic mass is 32.2. The zero-order valence-corrected chi connectivity index (χ0v) is 11.4. The van der Waals surface area contributed by atoms with E-state index in [9.17, 15) is 8.42 Å². The second kappa shape index (κ2) is 5.98. The van der Waals surface area contributed by atoms with Gasteiger partial charge in [0.05, 0.1) is 6.26 Å². The first-order valence-corrected chi connectivity index (χ1v) is 7.91. The van der Waals surface area contributed by atoms with Crippen molar-refractivity contribution in [3.05, 3.63) is 0 Å². The number of hydrogen-bond acceptors (Lipinski definition) is 3. The summed E-state index contributed by atoms with van der Waals surface area (Å²) in [7, 11) is -1.40. The lowest BCUT2D eigenvalue weighted by atomic mass is 9.86. The zero-order valence-electron chi connectivity index (χ0n) is 10.6. The van der Waals surface area contributed by atoms with E-state index in [0.717, 1.165) is 12.5 Å². The number of rotatable bonds is 5. The van der Waals surface area contributed by atoms with Crippen LogP contribution in [0.25, 0.3) is 0 Å². The minimum atomic E-state index is -3.03. The second-order valence-electron chi connectivity index (χ2n) is 4.91. The van der Waals surface area contributed by atoms with Gasteiger partial charge in [-0.15, -0.1) is 0 Å². The van der Waals surface area contributed by atoms with Crippen molar-refractivity contribution in [1.82, 2.24) is 9.62 Å². The molecule has 1 rings (SSSR count). The predicted molar refractivity (Wildman–Crippen MR) is 66.9 cm³/mol. The van der Waals surface area contributed by atoms with Crippen molar-refractivity contribution in [3.63, 3.8) is 0 Å². The van der Waals surface area contributed by atoms with E-state index in [1.807, 2.05) is 0 Å². The van der Waals surface area contributed by atoms with Gasteiger partial charge in [0.25, 0.3) is 0 Å². The summed E-state index contributed by atoms with van der Waals surface area (Å²) in [4.78, 5) is 0. The van der Waals surface area contributed by atoms with Gasteiger partial charge < -0.3 is 5.32 Å². The van der Waals surface area contributed by atoms with Crippen LogP contribution in [0.3, 0.4) is 0 Å². The Bertz CT molecular complexity index is 303. The molecule has 5 heteroatoms. The molecule has 0 unspecified atom stereocenters. The van der Waals surface area contributed by atoms with Crippen LogP contribution in [0.15, 0.2) is 0 Å². The van der Waals surface area contributed by atoms with E-state index in [-0.39, 0.29) is 0 Å². The lowest BCUT2D eigenvalue weighted by Gasteiger charge is -2.30. The van der Waals surface area contributed by atoms with E-state index in [0.29, 0.717) is 12.6 Å². The smallest absolute Gasteiger partial charge is 0.210 e. The van der Waals surface area contributed by atoms with Crippen LogP contribution in [0.5, 0.6) is 0 Å². The maximum Gasteiger partial charge on any atom is 0.210 e. The van der Waals surface area contributed by atoms with Gasteiger partial charge in [-0.05, 0) is 18.8 Å². The SMILES string of the molecule is C[C@H]1CCCC[C@@H]1NCCN(C)S(C)(=O)=O. The molecule has 1 aliphatic carbocycles. The number of nitrogens with one attached hydrogen (secondary N) is 1. The number of likely N-dealkylation sites (N-methyl/N-ethyl adjacent to an activating group) is 1. The van der Waals surface area contributed by atoms with Crippen molar-refractivity contribution in [2.75, 3.05) is 26.4 Å². The highest BCUT2D eigenvalue weighted by molar-refractivity contribution is 7.88. The average molecular weight is 248 g/mol. The van der Waals surface area contributed by atoms with Crippen molar-refractivity contribution in [2.45, 2.75) is 38.6 Å². The van der Waals surface area contributed by atoms with Crippen LogP contribution in [0.4, 0.5) is 0 Å². The predicted octanol–water partition coefficient (Wildman–Crippen LogP) is 1.05. The number of nitrogens with zero attached hydrogens (tertiary/aromatic N) is 1. The monoisotopic (exact) mass is 248 g/mol. The highest BCUT2D eigenvalue weighted by Gasteiger charge is 2.20. The van der Waals surface area contributed by atoms with E-state index in [1.165, 1.54) is 36.2 Å².